The zero-order valence-electron chi connectivity index (χ0n) is 8.75. The molecule has 2 atom stereocenters. The number of fused-ring (bicyclic) bond motifs is 1. The number of rotatable bonds is 1. The lowest BCUT2D eigenvalue weighted by atomic mass is 9.89. The first kappa shape index (κ1) is 9.69. The van der Waals surface area contributed by atoms with Gasteiger partial charge in [0.1, 0.15) is 0 Å². The van der Waals surface area contributed by atoms with Crippen molar-refractivity contribution in [2.75, 3.05) is 6.54 Å². The Morgan fingerprint density at radius 3 is 3.00 bits per heavy atom. The highest BCUT2D eigenvalue weighted by Crippen LogP contribution is 2.28. The molecule has 76 valence electrons. The first-order chi connectivity index (χ1) is 6.70. The van der Waals surface area contributed by atoms with E-state index in [0.29, 0.717) is 6.04 Å². The van der Waals surface area contributed by atoms with E-state index in [1.54, 1.807) is 0 Å². The predicted octanol–water partition coefficient (Wildman–Crippen LogP) is 1.95. The maximum absolute atomic E-state index is 9.65. The number of aliphatic hydroxyl groups is 1. The van der Waals surface area contributed by atoms with Crippen LogP contribution in [0.25, 0.3) is 0 Å². The van der Waals surface area contributed by atoms with Crippen LogP contribution in [-0.4, -0.2) is 11.7 Å². The summed E-state index contributed by atoms with van der Waals surface area (Å²) in [6.07, 6.45) is 0.677. The first-order valence-electron chi connectivity index (χ1n) is 5.23. The maximum Gasteiger partial charge on any atom is 0.0764 e. The van der Waals surface area contributed by atoms with Crippen LogP contribution in [0.5, 0.6) is 0 Å². The van der Waals surface area contributed by atoms with Crippen molar-refractivity contribution in [3.8, 4) is 0 Å². The van der Waals surface area contributed by atoms with Crippen molar-refractivity contribution in [1.82, 2.24) is 5.32 Å². The number of nitrogens with one attached hydrogen (secondary N) is 1. The summed E-state index contributed by atoms with van der Waals surface area (Å²) in [5.41, 5.74) is 3.78. The first-order valence-corrected chi connectivity index (χ1v) is 5.23. The lowest BCUT2D eigenvalue weighted by molar-refractivity contribution is 0.197. The molecule has 1 aromatic rings. The Morgan fingerprint density at radius 1 is 1.50 bits per heavy atom. The second kappa shape index (κ2) is 3.71. The Balaban J connectivity index is 2.49. The van der Waals surface area contributed by atoms with Gasteiger partial charge in [-0.05, 0) is 43.5 Å². The molecule has 1 unspecified atom stereocenters. The van der Waals surface area contributed by atoms with Gasteiger partial charge in [0, 0.05) is 6.04 Å². The molecule has 0 saturated carbocycles. The van der Waals surface area contributed by atoms with Gasteiger partial charge in [0.15, 0.2) is 0 Å². The van der Waals surface area contributed by atoms with Gasteiger partial charge in [-0.15, -0.1) is 0 Å². The quantitative estimate of drug-likeness (QED) is 0.711. The molecule has 0 aliphatic carbocycles. The molecule has 1 heterocycles. The van der Waals surface area contributed by atoms with Gasteiger partial charge in [0.2, 0.25) is 0 Å². The fourth-order valence-corrected chi connectivity index (χ4v) is 2.23. The monoisotopic (exact) mass is 191 g/mol. The van der Waals surface area contributed by atoms with E-state index in [1.165, 1.54) is 11.1 Å². The van der Waals surface area contributed by atoms with Crippen LogP contribution in [-0.2, 0) is 6.42 Å². The second-order valence-corrected chi connectivity index (χ2v) is 4.02. The fraction of sp³-hybridized carbons (Fsp3) is 0.500. The van der Waals surface area contributed by atoms with Crippen LogP contribution in [0.2, 0.25) is 0 Å². The molecule has 0 radical (unpaired) electrons. The summed E-state index contributed by atoms with van der Waals surface area (Å²) in [5, 5.41) is 13.1. The molecule has 1 aliphatic rings. The third kappa shape index (κ3) is 1.56. The smallest absolute Gasteiger partial charge is 0.0764 e. The molecule has 2 N–H and O–H groups in total. The highest BCUT2D eigenvalue weighted by Gasteiger charge is 2.19. The Kier molecular flexibility index (Phi) is 2.57. The normalized spacial score (nSPS) is 22.9. The third-order valence-corrected chi connectivity index (χ3v) is 2.99. The Morgan fingerprint density at radius 2 is 2.29 bits per heavy atom. The molecular formula is C12H17NO. The van der Waals surface area contributed by atoms with Gasteiger partial charge in [0.25, 0.3) is 0 Å². The van der Waals surface area contributed by atoms with Crippen LogP contribution in [0.1, 0.15) is 42.7 Å². The fourth-order valence-electron chi connectivity index (χ4n) is 2.23. The lowest BCUT2D eigenvalue weighted by Crippen LogP contribution is -2.28. The second-order valence-electron chi connectivity index (χ2n) is 4.02. The van der Waals surface area contributed by atoms with Crippen molar-refractivity contribution in [3.63, 3.8) is 0 Å². The molecule has 0 spiro atoms. The van der Waals surface area contributed by atoms with Gasteiger partial charge >= 0.3 is 0 Å². The average molecular weight is 191 g/mol. The number of hydrogen-bond donors (Lipinski definition) is 2. The summed E-state index contributed by atoms with van der Waals surface area (Å²) in [4.78, 5) is 0. The third-order valence-electron chi connectivity index (χ3n) is 2.99. The van der Waals surface area contributed by atoms with E-state index in [4.69, 9.17) is 0 Å². The molecule has 1 aromatic carbocycles. The summed E-state index contributed by atoms with van der Waals surface area (Å²) in [6.45, 7) is 5.02. The van der Waals surface area contributed by atoms with E-state index in [1.807, 2.05) is 19.1 Å². The average Bonchev–Trinajstić information content (AvgIpc) is 2.17. The van der Waals surface area contributed by atoms with E-state index < -0.39 is 0 Å². The van der Waals surface area contributed by atoms with Crippen LogP contribution in [0, 0.1) is 0 Å². The zero-order chi connectivity index (χ0) is 10.1. The van der Waals surface area contributed by atoms with Gasteiger partial charge in [-0.1, -0.05) is 18.2 Å². The van der Waals surface area contributed by atoms with Crippen molar-refractivity contribution < 1.29 is 5.11 Å². The Bertz CT molecular complexity index is 319. The lowest BCUT2D eigenvalue weighted by Gasteiger charge is -2.26. The van der Waals surface area contributed by atoms with Crippen LogP contribution >= 0.6 is 0 Å². The summed E-state index contributed by atoms with van der Waals surface area (Å²) >= 11 is 0. The molecule has 14 heavy (non-hydrogen) atoms. The van der Waals surface area contributed by atoms with E-state index in [0.717, 1.165) is 18.5 Å². The predicted molar refractivity (Wildman–Crippen MR) is 57.2 cm³/mol. The van der Waals surface area contributed by atoms with Crippen molar-refractivity contribution in [3.05, 3.63) is 34.9 Å². The highest BCUT2D eigenvalue weighted by molar-refractivity contribution is 5.39. The van der Waals surface area contributed by atoms with Crippen molar-refractivity contribution in [1.29, 1.82) is 0 Å². The van der Waals surface area contributed by atoms with Gasteiger partial charge in [-0.2, -0.15) is 0 Å². The van der Waals surface area contributed by atoms with E-state index in [-0.39, 0.29) is 6.10 Å². The molecule has 0 aromatic heterocycles. The van der Waals surface area contributed by atoms with Crippen molar-refractivity contribution >= 4 is 0 Å². The Labute approximate surface area is 85.0 Å². The minimum Gasteiger partial charge on any atom is -0.389 e. The molecule has 1 aliphatic heterocycles. The number of aliphatic hydroxyl groups excluding tert-OH is 1. The molecule has 0 fully saturated rings. The van der Waals surface area contributed by atoms with Crippen LogP contribution < -0.4 is 5.32 Å². The summed E-state index contributed by atoms with van der Waals surface area (Å²) in [5.74, 6) is 0. The van der Waals surface area contributed by atoms with Crippen LogP contribution in [0.4, 0.5) is 0 Å². The SMILES string of the molecule is CC(O)c1cccc2c1CCN[C@H]2C. The highest BCUT2D eigenvalue weighted by atomic mass is 16.3. The maximum atomic E-state index is 9.65. The molecule has 2 nitrogen and oxygen atoms in total. The largest absolute Gasteiger partial charge is 0.389 e. The minimum absolute atomic E-state index is 0.352. The van der Waals surface area contributed by atoms with Crippen molar-refractivity contribution in [2.45, 2.75) is 32.4 Å². The van der Waals surface area contributed by atoms with E-state index >= 15 is 0 Å². The number of benzene rings is 1. The summed E-state index contributed by atoms with van der Waals surface area (Å²) < 4.78 is 0. The van der Waals surface area contributed by atoms with Gasteiger partial charge < -0.3 is 10.4 Å². The molecule has 2 rings (SSSR count). The van der Waals surface area contributed by atoms with Crippen LogP contribution in [0.3, 0.4) is 0 Å². The summed E-state index contributed by atoms with van der Waals surface area (Å²) in [6, 6.07) is 6.63. The topological polar surface area (TPSA) is 32.3 Å². The van der Waals surface area contributed by atoms with Gasteiger partial charge in [-0.3, -0.25) is 0 Å². The molecule has 2 heteroatoms. The minimum atomic E-state index is -0.352. The Hall–Kier alpha value is -0.860. The standard InChI is InChI=1S/C12H17NO/c1-8-10-4-3-5-11(9(2)14)12(10)6-7-13-8/h3-5,8-9,13-14H,6-7H2,1-2H3/t8-,9?/m0/s1. The van der Waals surface area contributed by atoms with Gasteiger partial charge in [0.05, 0.1) is 6.10 Å². The number of hydrogen-bond acceptors (Lipinski definition) is 2. The molecule has 0 amide bonds. The molecule has 0 saturated heterocycles. The van der Waals surface area contributed by atoms with Crippen LogP contribution in [0.15, 0.2) is 18.2 Å². The molecular weight excluding hydrogens is 174 g/mol. The van der Waals surface area contributed by atoms with Gasteiger partial charge in [-0.25, -0.2) is 0 Å². The molecule has 0 bridgehead atoms. The van der Waals surface area contributed by atoms with Crippen molar-refractivity contribution in [2.24, 2.45) is 0 Å². The van der Waals surface area contributed by atoms with E-state index in [9.17, 15) is 5.11 Å². The summed E-state index contributed by atoms with van der Waals surface area (Å²) in [7, 11) is 0. The van der Waals surface area contributed by atoms with E-state index in [2.05, 4.69) is 18.3 Å². The zero-order valence-corrected chi connectivity index (χ0v) is 8.75.